The van der Waals surface area contributed by atoms with E-state index in [1.165, 1.54) is 6.42 Å². The van der Waals surface area contributed by atoms with E-state index < -0.39 is 0 Å². The van der Waals surface area contributed by atoms with Gasteiger partial charge < -0.3 is 9.47 Å². The number of hydrogen-bond acceptors (Lipinski definition) is 2. The van der Waals surface area contributed by atoms with Crippen LogP contribution in [0, 0.1) is 12.3 Å². The second-order valence-electron chi connectivity index (χ2n) is 2.50. The minimum atomic E-state index is 0.0544. The molecule has 2 atom stereocenters. The third-order valence-electron chi connectivity index (χ3n) is 1.86. The van der Waals surface area contributed by atoms with Gasteiger partial charge in [-0.1, -0.05) is 0 Å². The number of ether oxygens (including phenoxy) is 2. The van der Waals surface area contributed by atoms with Gasteiger partial charge >= 0.3 is 0 Å². The fourth-order valence-corrected chi connectivity index (χ4v) is 1.35. The van der Waals surface area contributed by atoms with E-state index in [1.54, 1.807) is 0 Å². The van der Waals surface area contributed by atoms with Gasteiger partial charge in [-0.3, -0.25) is 0 Å². The molecule has 2 rings (SSSR count). The molecule has 0 spiro atoms. The SMILES string of the molecule is [C]1COC2OCCCC12. The molecule has 0 bridgehead atoms. The molecule has 0 aliphatic carbocycles. The van der Waals surface area contributed by atoms with Gasteiger partial charge in [0.1, 0.15) is 0 Å². The number of hydrogen-bond donors (Lipinski definition) is 0. The van der Waals surface area contributed by atoms with Gasteiger partial charge in [-0.15, -0.1) is 0 Å². The van der Waals surface area contributed by atoms with Crippen LogP contribution in [0.3, 0.4) is 0 Å². The number of rotatable bonds is 0. The maximum absolute atomic E-state index is 5.32. The van der Waals surface area contributed by atoms with Crippen LogP contribution < -0.4 is 0 Å². The third-order valence-corrected chi connectivity index (χ3v) is 1.86. The van der Waals surface area contributed by atoms with Gasteiger partial charge in [0.2, 0.25) is 0 Å². The lowest BCUT2D eigenvalue weighted by atomic mass is 10.00. The topological polar surface area (TPSA) is 18.5 Å². The molecule has 2 heteroatoms. The molecule has 0 N–H and O–H groups in total. The van der Waals surface area contributed by atoms with Gasteiger partial charge in [-0.05, 0) is 12.8 Å². The van der Waals surface area contributed by atoms with E-state index >= 15 is 0 Å². The van der Waals surface area contributed by atoms with Gasteiger partial charge in [0, 0.05) is 18.9 Å². The van der Waals surface area contributed by atoms with E-state index in [0.717, 1.165) is 13.0 Å². The first-order valence-corrected chi connectivity index (χ1v) is 3.43. The maximum Gasteiger partial charge on any atom is 0.161 e. The Kier molecular flexibility index (Phi) is 1.44. The minimum absolute atomic E-state index is 0.0544. The van der Waals surface area contributed by atoms with Gasteiger partial charge in [0.25, 0.3) is 0 Å². The van der Waals surface area contributed by atoms with Crippen LogP contribution in [0.15, 0.2) is 0 Å². The van der Waals surface area contributed by atoms with Gasteiger partial charge in [-0.2, -0.15) is 0 Å². The standard InChI is InChI=1S/C7H10O2/c1-2-6-3-5-9-7(6)8-4-1/h6-7H,1-2,4-5H2. The predicted molar refractivity (Wildman–Crippen MR) is 31.7 cm³/mol. The lowest BCUT2D eigenvalue weighted by Gasteiger charge is -2.23. The van der Waals surface area contributed by atoms with Crippen LogP contribution in [-0.2, 0) is 9.47 Å². The summed E-state index contributed by atoms with van der Waals surface area (Å²) >= 11 is 0. The fraction of sp³-hybridized carbons (Fsp3) is 0.857. The van der Waals surface area contributed by atoms with Gasteiger partial charge in [0.05, 0.1) is 6.61 Å². The quantitative estimate of drug-likeness (QED) is 0.479. The summed E-state index contributed by atoms with van der Waals surface area (Å²) in [5, 5.41) is 0. The average Bonchev–Trinajstić information content (AvgIpc) is 2.33. The molecular formula is C7H10O2. The summed E-state index contributed by atoms with van der Waals surface area (Å²) in [7, 11) is 0. The van der Waals surface area contributed by atoms with Crippen molar-refractivity contribution in [2.45, 2.75) is 19.1 Å². The molecular weight excluding hydrogens is 116 g/mol. The molecule has 2 aliphatic rings. The Morgan fingerprint density at radius 2 is 2.33 bits per heavy atom. The van der Waals surface area contributed by atoms with Crippen molar-refractivity contribution in [1.82, 2.24) is 0 Å². The van der Waals surface area contributed by atoms with E-state index in [1.807, 2.05) is 0 Å². The zero-order valence-corrected chi connectivity index (χ0v) is 5.30. The van der Waals surface area contributed by atoms with Crippen molar-refractivity contribution in [3.8, 4) is 0 Å². The summed E-state index contributed by atoms with van der Waals surface area (Å²) in [6, 6.07) is 0. The third kappa shape index (κ3) is 0.970. The summed E-state index contributed by atoms with van der Waals surface area (Å²) in [5.41, 5.74) is 0. The molecule has 9 heavy (non-hydrogen) atoms. The smallest absolute Gasteiger partial charge is 0.161 e. The Labute approximate surface area is 55.1 Å². The second-order valence-corrected chi connectivity index (χ2v) is 2.50. The lowest BCUT2D eigenvalue weighted by molar-refractivity contribution is -0.150. The summed E-state index contributed by atoms with van der Waals surface area (Å²) in [5.74, 6) is 0.471. The van der Waals surface area contributed by atoms with Crippen LogP contribution in [0.4, 0.5) is 0 Å². The molecule has 2 fully saturated rings. The van der Waals surface area contributed by atoms with Crippen molar-refractivity contribution in [2.75, 3.05) is 13.2 Å². The molecule has 0 aromatic rings. The van der Waals surface area contributed by atoms with E-state index in [0.29, 0.717) is 12.5 Å². The van der Waals surface area contributed by atoms with Crippen LogP contribution in [0.5, 0.6) is 0 Å². The first-order valence-electron chi connectivity index (χ1n) is 3.43. The summed E-state index contributed by atoms with van der Waals surface area (Å²) in [6.45, 7) is 1.53. The van der Waals surface area contributed by atoms with Crippen molar-refractivity contribution in [2.24, 2.45) is 5.92 Å². The van der Waals surface area contributed by atoms with Crippen molar-refractivity contribution in [1.29, 1.82) is 0 Å². The molecule has 50 valence electrons. The van der Waals surface area contributed by atoms with Crippen LogP contribution >= 0.6 is 0 Å². The average molecular weight is 126 g/mol. The molecule has 0 aromatic carbocycles. The van der Waals surface area contributed by atoms with Gasteiger partial charge in [0.15, 0.2) is 6.29 Å². The predicted octanol–water partition coefficient (Wildman–Crippen LogP) is 0.851. The van der Waals surface area contributed by atoms with Crippen LogP contribution in [0.1, 0.15) is 12.8 Å². The fourth-order valence-electron chi connectivity index (χ4n) is 1.35. The van der Waals surface area contributed by atoms with Crippen molar-refractivity contribution < 1.29 is 9.47 Å². The van der Waals surface area contributed by atoms with Crippen molar-refractivity contribution in [3.05, 3.63) is 6.42 Å². The Morgan fingerprint density at radius 1 is 1.33 bits per heavy atom. The molecule has 2 radical (unpaired) electrons. The van der Waals surface area contributed by atoms with Crippen LogP contribution in [-0.4, -0.2) is 19.5 Å². The Bertz CT molecular complexity index is 91.1. The maximum atomic E-state index is 5.32. The monoisotopic (exact) mass is 126 g/mol. The van der Waals surface area contributed by atoms with Crippen molar-refractivity contribution in [3.63, 3.8) is 0 Å². The molecule has 2 nitrogen and oxygen atoms in total. The highest BCUT2D eigenvalue weighted by atomic mass is 16.7. The number of fused-ring (bicyclic) bond motifs is 1. The van der Waals surface area contributed by atoms with E-state index in [4.69, 9.17) is 9.47 Å². The Morgan fingerprint density at radius 3 is 3.22 bits per heavy atom. The zero-order chi connectivity index (χ0) is 6.10. The minimum Gasteiger partial charge on any atom is -0.352 e. The molecule has 0 aromatic heterocycles. The first kappa shape index (κ1) is 5.69. The van der Waals surface area contributed by atoms with E-state index in [-0.39, 0.29) is 6.29 Å². The van der Waals surface area contributed by atoms with Crippen LogP contribution in [0.2, 0.25) is 0 Å². The highest BCUT2D eigenvalue weighted by molar-refractivity contribution is 4.86. The highest BCUT2D eigenvalue weighted by Crippen LogP contribution is 2.28. The van der Waals surface area contributed by atoms with E-state index in [2.05, 4.69) is 6.42 Å². The second kappa shape index (κ2) is 2.27. The molecule has 2 saturated heterocycles. The van der Waals surface area contributed by atoms with Crippen LogP contribution in [0.25, 0.3) is 0 Å². The largest absolute Gasteiger partial charge is 0.352 e. The molecule has 0 amide bonds. The molecule has 2 heterocycles. The molecule has 2 aliphatic heterocycles. The Balaban J connectivity index is 1.97. The summed E-state index contributed by atoms with van der Waals surface area (Å²) in [4.78, 5) is 0. The highest BCUT2D eigenvalue weighted by Gasteiger charge is 2.31. The summed E-state index contributed by atoms with van der Waals surface area (Å²) < 4.78 is 10.5. The Hall–Kier alpha value is -0.0800. The van der Waals surface area contributed by atoms with E-state index in [9.17, 15) is 0 Å². The van der Waals surface area contributed by atoms with Crippen molar-refractivity contribution >= 4 is 0 Å². The lowest BCUT2D eigenvalue weighted by Crippen LogP contribution is -2.25. The zero-order valence-electron chi connectivity index (χ0n) is 5.30. The van der Waals surface area contributed by atoms with Gasteiger partial charge in [-0.25, -0.2) is 0 Å². The molecule has 2 unspecified atom stereocenters. The first-order chi connectivity index (χ1) is 4.47. The normalized spacial score (nSPS) is 42.7. The summed E-state index contributed by atoms with van der Waals surface area (Å²) in [6.07, 6.45) is 5.63. The molecule has 0 saturated carbocycles.